The minimum absolute atomic E-state index is 0.128. The van der Waals surface area contributed by atoms with Crippen LogP contribution in [-0.4, -0.2) is 9.13 Å². The van der Waals surface area contributed by atoms with Gasteiger partial charge in [-0.15, -0.1) is 0 Å². The van der Waals surface area contributed by atoms with Gasteiger partial charge in [0.1, 0.15) is 6.07 Å². The molecule has 5 nitrogen and oxygen atoms in total. The van der Waals surface area contributed by atoms with Gasteiger partial charge in [0.15, 0.2) is 0 Å². The van der Waals surface area contributed by atoms with Gasteiger partial charge in [0.05, 0.1) is 34.8 Å². The molecule has 0 bridgehead atoms. The van der Waals surface area contributed by atoms with Gasteiger partial charge in [0.2, 0.25) is 0 Å². The third-order valence-electron chi connectivity index (χ3n) is 10.1. The van der Waals surface area contributed by atoms with Gasteiger partial charge in [-0.3, -0.25) is 0 Å². The number of anilines is 3. The zero-order chi connectivity index (χ0) is 35.7. The Bertz CT molecular complexity index is 2880. The fourth-order valence-corrected chi connectivity index (χ4v) is 7.83. The topological polar surface area (TPSA) is 60.7 Å². The lowest BCUT2D eigenvalue weighted by Crippen LogP contribution is -2.09. The van der Waals surface area contributed by atoms with E-state index in [-0.39, 0.29) is 6.42 Å². The molecule has 0 aliphatic heterocycles. The van der Waals surface area contributed by atoms with Crippen LogP contribution in [0.15, 0.2) is 182 Å². The summed E-state index contributed by atoms with van der Waals surface area (Å²) in [7, 11) is 0. The third kappa shape index (κ3) is 5.40. The minimum atomic E-state index is 0.128. The Morgan fingerprint density at radius 2 is 1.11 bits per heavy atom. The molecule has 0 atom stereocenters. The molecule has 7 aromatic carbocycles. The van der Waals surface area contributed by atoms with E-state index in [0.717, 1.165) is 66.4 Å². The van der Waals surface area contributed by atoms with Gasteiger partial charge in [0.25, 0.3) is 0 Å². The monoisotopic (exact) mass is 679 g/mol. The van der Waals surface area contributed by atoms with Crippen molar-refractivity contribution in [2.45, 2.75) is 13.0 Å². The smallest absolute Gasteiger partial charge is 0.101 e. The number of allylic oxidation sites excluding steroid dienone is 4. The molecule has 250 valence electrons. The predicted molar refractivity (Wildman–Crippen MR) is 219 cm³/mol. The quantitative estimate of drug-likeness (QED) is 0.119. The van der Waals surface area contributed by atoms with Crippen LogP contribution in [0.1, 0.15) is 6.42 Å². The van der Waals surface area contributed by atoms with Gasteiger partial charge in [-0.05, 0) is 77.5 Å². The van der Waals surface area contributed by atoms with E-state index in [9.17, 15) is 10.5 Å². The second-order valence-electron chi connectivity index (χ2n) is 13.1. The Balaban J connectivity index is 1.33. The van der Waals surface area contributed by atoms with Crippen LogP contribution in [0.2, 0.25) is 0 Å². The molecule has 53 heavy (non-hydrogen) atoms. The molecule has 0 amide bonds. The van der Waals surface area contributed by atoms with E-state index >= 15 is 0 Å². The summed E-state index contributed by atoms with van der Waals surface area (Å²) in [6, 6.07) is 61.9. The molecule has 0 spiro atoms. The largest absolute Gasteiger partial charge is 0.336 e. The minimum Gasteiger partial charge on any atom is -0.336 e. The molecule has 9 aromatic rings. The highest BCUT2D eigenvalue weighted by molar-refractivity contribution is 6.22. The van der Waals surface area contributed by atoms with Gasteiger partial charge in [-0.2, -0.15) is 10.5 Å². The maximum Gasteiger partial charge on any atom is 0.101 e. The SMILES string of the molecule is N#CC/C=C(C#N)\C(=C/Cn1c2ccccc2c2ccccc21)n1c2ccc(N(c3ccccc3)c3ccccc3)cc2c2c3ccccc3ccc21. The van der Waals surface area contributed by atoms with Crippen LogP contribution in [0.5, 0.6) is 0 Å². The molecule has 2 aromatic heterocycles. The summed E-state index contributed by atoms with van der Waals surface area (Å²) in [4.78, 5) is 2.28. The van der Waals surface area contributed by atoms with E-state index in [1.807, 2.05) is 12.1 Å². The number of hydrogen-bond donors (Lipinski definition) is 0. The predicted octanol–water partition coefficient (Wildman–Crippen LogP) is 12.4. The second kappa shape index (κ2) is 13.4. The van der Waals surface area contributed by atoms with E-state index in [4.69, 9.17) is 0 Å². The van der Waals surface area contributed by atoms with Gasteiger partial charge < -0.3 is 14.0 Å². The van der Waals surface area contributed by atoms with E-state index in [2.05, 4.69) is 184 Å². The summed E-state index contributed by atoms with van der Waals surface area (Å²) >= 11 is 0. The van der Waals surface area contributed by atoms with Crippen LogP contribution in [0.4, 0.5) is 17.1 Å². The Hall–Kier alpha value is -7.34. The number of nitrogens with zero attached hydrogens (tertiary/aromatic N) is 5. The van der Waals surface area contributed by atoms with Gasteiger partial charge in [-0.25, -0.2) is 0 Å². The highest BCUT2D eigenvalue weighted by Gasteiger charge is 2.21. The molecule has 0 saturated carbocycles. The molecule has 0 aliphatic rings. The molecular weight excluding hydrogens is 647 g/mol. The summed E-state index contributed by atoms with van der Waals surface area (Å²) in [5.74, 6) is 0. The molecule has 5 heteroatoms. The molecule has 2 heterocycles. The zero-order valence-corrected chi connectivity index (χ0v) is 28.9. The molecular formula is C48H33N5. The first-order valence-electron chi connectivity index (χ1n) is 17.8. The fraction of sp³-hybridized carbons (Fsp3) is 0.0417. The number of benzene rings is 7. The van der Waals surface area contributed by atoms with Crippen LogP contribution >= 0.6 is 0 Å². The summed E-state index contributed by atoms with van der Waals surface area (Å²) in [6.07, 6.45) is 4.02. The van der Waals surface area contributed by atoms with Crippen molar-refractivity contribution in [2.24, 2.45) is 0 Å². The number of aromatic nitrogens is 2. The molecule has 0 aliphatic carbocycles. The van der Waals surface area contributed by atoms with Crippen molar-refractivity contribution in [1.29, 1.82) is 10.5 Å². The lowest BCUT2D eigenvalue weighted by molar-refractivity contribution is 0.895. The summed E-state index contributed by atoms with van der Waals surface area (Å²) in [5.41, 5.74) is 8.58. The van der Waals surface area contributed by atoms with Gasteiger partial charge in [-0.1, -0.05) is 109 Å². The normalized spacial score (nSPS) is 12.1. The Morgan fingerprint density at radius 1 is 0.528 bits per heavy atom. The van der Waals surface area contributed by atoms with Crippen molar-refractivity contribution < 1.29 is 0 Å². The first kappa shape index (κ1) is 31.6. The Kier molecular flexibility index (Phi) is 8.01. The van der Waals surface area contributed by atoms with Crippen LogP contribution in [-0.2, 0) is 6.54 Å². The standard InChI is InChI=1S/C48H33N5/c49-30-13-15-35(33-50)43(29-31-51-44-23-11-9-21-40(44)41-22-10-12-24-45(41)51)53-46-28-26-38(52(36-16-3-1-4-17-36)37-18-5-2-6-19-37)32-42(46)48-39-20-8-7-14-34(39)25-27-47(48)53/h1-12,14-29,32H,13,31H2/b35-15-,43-29+. The van der Waals surface area contributed by atoms with Crippen molar-refractivity contribution >= 4 is 77.1 Å². The van der Waals surface area contributed by atoms with E-state index in [1.165, 1.54) is 10.8 Å². The summed E-state index contributed by atoms with van der Waals surface area (Å²) in [6.45, 7) is 0.525. The fourth-order valence-electron chi connectivity index (χ4n) is 7.83. The van der Waals surface area contributed by atoms with Crippen molar-refractivity contribution in [3.63, 3.8) is 0 Å². The van der Waals surface area contributed by atoms with E-state index < -0.39 is 0 Å². The Labute approximate surface area is 307 Å². The molecule has 0 N–H and O–H groups in total. The van der Waals surface area contributed by atoms with Crippen molar-refractivity contribution in [2.75, 3.05) is 4.90 Å². The van der Waals surface area contributed by atoms with Gasteiger partial charge >= 0.3 is 0 Å². The summed E-state index contributed by atoms with van der Waals surface area (Å²) in [5, 5.41) is 27.2. The molecule has 0 radical (unpaired) electrons. The molecule has 0 saturated heterocycles. The number of para-hydroxylation sites is 4. The highest BCUT2D eigenvalue weighted by atomic mass is 15.1. The van der Waals surface area contributed by atoms with Crippen molar-refractivity contribution in [1.82, 2.24) is 9.13 Å². The number of rotatable bonds is 8. The van der Waals surface area contributed by atoms with Crippen molar-refractivity contribution in [3.05, 3.63) is 182 Å². The van der Waals surface area contributed by atoms with E-state index in [1.54, 1.807) is 6.08 Å². The average molecular weight is 680 g/mol. The van der Waals surface area contributed by atoms with Gasteiger partial charge in [0, 0.05) is 56.2 Å². The van der Waals surface area contributed by atoms with Crippen LogP contribution in [0.3, 0.4) is 0 Å². The second-order valence-corrected chi connectivity index (χ2v) is 13.1. The van der Waals surface area contributed by atoms with Crippen LogP contribution in [0, 0.1) is 22.7 Å². The lowest BCUT2D eigenvalue weighted by atomic mass is 10.0. The third-order valence-corrected chi connectivity index (χ3v) is 10.1. The van der Waals surface area contributed by atoms with Crippen molar-refractivity contribution in [3.8, 4) is 12.1 Å². The zero-order valence-electron chi connectivity index (χ0n) is 28.9. The first-order valence-corrected chi connectivity index (χ1v) is 17.8. The number of fused-ring (bicyclic) bond motifs is 8. The van der Waals surface area contributed by atoms with Crippen LogP contribution in [0.25, 0.3) is 60.1 Å². The molecule has 9 rings (SSSR count). The van der Waals surface area contributed by atoms with Crippen LogP contribution < -0.4 is 4.90 Å². The Morgan fingerprint density at radius 3 is 1.75 bits per heavy atom. The van der Waals surface area contributed by atoms with E-state index in [0.29, 0.717) is 12.1 Å². The molecule has 0 fully saturated rings. The average Bonchev–Trinajstić information content (AvgIpc) is 3.72. The lowest BCUT2D eigenvalue weighted by Gasteiger charge is -2.25. The number of hydrogen-bond acceptors (Lipinski definition) is 3. The summed E-state index contributed by atoms with van der Waals surface area (Å²) < 4.78 is 4.53. The maximum absolute atomic E-state index is 10.7. The number of nitriles is 2. The maximum atomic E-state index is 10.7. The first-order chi connectivity index (χ1) is 26.2. The molecule has 0 unspecified atom stereocenters. The highest BCUT2D eigenvalue weighted by Crippen LogP contribution is 2.42.